The molecule has 2 amide bonds. The van der Waals surface area contributed by atoms with Crippen molar-refractivity contribution >= 4 is 27.5 Å². The second-order valence-electron chi connectivity index (χ2n) is 7.45. The van der Waals surface area contributed by atoms with Crippen LogP contribution in [0.2, 0.25) is 0 Å². The van der Waals surface area contributed by atoms with Crippen molar-refractivity contribution in [2.24, 2.45) is 0 Å². The van der Waals surface area contributed by atoms with Crippen molar-refractivity contribution in [2.45, 2.75) is 33.4 Å². The van der Waals surface area contributed by atoms with Crippen molar-refractivity contribution < 1.29 is 26.8 Å². The Labute approximate surface area is 187 Å². The van der Waals surface area contributed by atoms with Crippen LogP contribution in [0, 0.1) is 18.6 Å². The normalized spacial score (nSPS) is 12.2. The SMILES string of the molecule is CCNC(=O)[C@@H](C)N(Cc1ccc(C)cc1)C(=O)CN(c1ccc(F)c(F)c1)S(C)(=O)=O. The van der Waals surface area contributed by atoms with Gasteiger partial charge in [0.15, 0.2) is 11.6 Å². The minimum atomic E-state index is -4.01. The molecule has 10 heteroatoms. The molecule has 0 heterocycles. The molecule has 0 radical (unpaired) electrons. The van der Waals surface area contributed by atoms with Gasteiger partial charge in [-0.15, -0.1) is 0 Å². The third-order valence-corrected chi connectivity index (χ3v) is 6.00. The third kappa shape index (κ3) is 6.49. The van der Waals surface area contributed by atoms with Crippen molar-refractivity contribution in [3.8, 4) is 0 Å². The first-order valence-corrected chi connectivity index (χ1v) is 11.8. The van der Waals surface area contributed by atoms with Crippen molar-refractivity contribution in [3.05, 3.63) is 65.2 Å². The van der Waals surface area contributed by atoms with Gasteiger partial charge >= 0.3 is 0 Å². The number of likely N-dealkylation sites (N-methyl/N-ethyl adjacent to an activating group) is 1. The molecule has 0 unspecified atom stereocenters. The highest BCUT2D eigenvalue weighted by atomic mass is 32.2. The van der Waals surface area contributed by atoms with Gasteiger partial charge in [0, 0.05) is 19.2 Å². The second-order valence-corrected chi connectivity index (χ2v) is 9.35. The number of rotatable bonds is 9. The lowest BCUT2D eigenvalue weighted by atomic mass is 10.1. The van der Waals surface area contributed by atoms with Crippen LogP contribution < -0.4 is 9.62 Å². The molecule has 1 N–H and O–H groups in total. The molecule has 0 aromatic heterocycles. The summed E-state index contributed by atoms with van der Waals surface area (Å²) in [6, 6.07) is 9.01. The van der Waals surface area contributed by atoms with E-state index in [0.717, 1.165) is 29.5 Å². The highest BCUT2D eigenvalue weighted by Crippen LogP contribution is 2.21. The summed E-state index contributed by atoms with van der Waals surface area (Å²) in [6.07, 6.45) is 0.860. The summed E-state index contributed by atoms with van der Waals surface area (Å²) in [5.74, 6) is -3.44. The molecule has 0 fully saturated rings. The number of aryl methyl sites for hydroxylation is 1. The number of nitrogens with one attached hydrogen (secondary N) is 1. The van der Waals surface area contributed by atoms with Crippen LogP contribution in [0.3, 0.4) is 0 Å². The van der Waals surface area contributed by atoms with E-state index in [-0.39, 0.29) is 12.2 Å². The molecule has 0 saturated carbocycles. The number of halogens is 2. The fourth-order valence-corrected chi connectivity index (χ4v) is 3.89. The Kier molecular flexibility index (Phi) is 8.31. The monoisotopic (exact) mass is 467 g/mol. The van der Waals surface area contributed by atoms with Gasteiger partial charge in [-0.1, -0.05) is 29.8 Å². The number of anilines is 1. The van der Waals surface area contributed by atoms with Gasteiger partial charge in [0.05, 0.1) is 11.9 Å². The second kappa shape index (κ2) is 10.5. The predicted molar refractivity (Wildman–Crippen MR) is 118 cm³/mol. The Morgan fingerprint density at radius 3 is 2.22 bits per heavy atom. The van der Waals surface area contributed by atoms with E-state index in [1.807, 2.05) is 31.2 Å². The number of nitrogens with zero attached hydrogens (tertiary/aromatic N) is 2. The van der Waals surface area contributed by atoms with Crippen LogP contribution in [-0.4, -0.2) is 50.5 Å². The summed E-state index contributed by atoms with van der Waals surface area (Å²) in [4.78, 5) is 26.9. The summed E-state index contributed by atoms with van der Waals surface area (Å²) in [7, 11) is -4.01. The number of carbonyl (C=O) groups is 2. The maximum Gasteiger partial charge on any atom is 0.244 e. The van der Waals surface area contributed by atoms with Crippen LogP contribution in [0.4, 0.5) is 14.5 Å². The largest absolute Gasteiger partial charge is 0.355 e. The lowest BCUT2D eigenvalue weighted by Gasteiger charge is -2.31. The van der Waals surface area contributed by atoms with Gasteiger partial charge < -0.3 is 10.2 Å². The molecule has 0 aliphatic carbocycles. The molecular weight excluding hydrogens is 440 g/mol. The van der Waals surface area contributed by atoms with E-state index >= 15 is 0 Å². The summed E-state index contributed by atoms with van der Waals surface area (Å²) >= 11 is 0. The Bertz CT molecular complexity index is 1080. The standard InChI is InChI=1S/C22H27F2N3O4S/c1-5-25-22(29)16(3)26(13-17-8-6-15(2)7-9-17)21(28)14-27(32(4,30)31)18-10-11-19(23)20(24)12-18/h6-12,16H,5,13-14H2,1-4H3,(H,25,29)/t16-/m1/s1. The molecule has 1 atom stereocenters. The average molecular weight is 468 g/mol. The lowest BCUT2D eigenvalue weighted by Crippen LogP contribution is -2.51. The Hall–Kier alpha value is -3.01. The van der Waals surface area contributed by atoms with Crippen LogP contribution in [0.1, 0.15) is 25.0 Å². The van der Waals surface area contributed by atoms with Gasteiger partial charge in [0.2, 0.25) is 21.8 Å². The molecule has 2 rings (SSSR count). The topological polar surface area (TPSA) is 86.8 Å². The van der Waals surface area contributed by atoms with E-state index in [0.29, 0.717) is 16.9 Å². The fraction of sp³-hybridized carbons (Fsp3) is 0.364. The van der Waals surface area contributed by atoms with E-state index < -0.39 is 46.1 Å². The highest BCUT2D eigenvalue weighted by molar-refractivity contribution is 7.92. The Morgan fingerprint density at radius 2 is 1.69 bits per heavy atom. The van der Waals surface area contributed by atoms with Gasteiger partial charge in [-0.25, -0.2) is 17.2 Å². The first kappa shape index (κ1) is 25.3. The van der Waals surface area contributed by atoms with Crippen LogP contribution in [0.15, 0.2) is 42.5 Å². The van der Waals surface area contributed by atoms with Crippen molar-refractivity contribution in [3.63, 3.8) is 0 Å². The summed E-state index contributed by atoms with van der Waals surface area (Å²) in [5.41, 5.74) is 1.57. The number of benzene rings is 2. The molecule has 0 bridgehead atoms. The fourth-order valence-electron chi connectivity index (χ4n) is 3.05. The van der Waals surface area contributed by atoms with Crippen LogP contribution in [-0.2, 0) is 26.2 Å². The molecule has 0 saturated heterocycles. The average Bonchev–Trinajstić information content (AvgIpc) is 2.72. The number of hydrogen-bond acceptors (Lipinski definition) is 4. The van der Waals surface area contributed by atoms with Crippen LogP contribution >= 0.6 is 0 Å². The number of amides is 2. The number of sulfonamides is 1. The van der Waals surface area contributed by atoms with E-state index in [9.17, 15) is 26.8 Å². The van der Waals surface area contributed by atoms with Crippen LogP contribution in [0.5, 0.6) is 0 Å². The van der Waals surface area contributed by atoms with Gasteiger partial charge in [-0.3, -0.25) is 13.9 Å². The zero-order valence-electron chi connectivity index (χ0n) is 18.4. The summed E-state index contributed by atoms with van der Waals surface area (Å²) < 4.78 is 52.4. The van der Waals surface area contributed by atoms with Gasteiger partial charge in [-0.2, -0.15) is 0 Å². The third-order valence-electron chi connectivity index (χ3n) is 4.86. The predicted octanol–water partition coefficient (Wildman–Crippen LogP) is 2.59. The van der Waals surface area contributed by atoms with Crippen molar-refractivity contribution in [1.82, 2.24) is 10.2 Å². The number of carbonyl (C=O) groups excluding carboxylic acids is 2. The van der Waals surface area contributed by atoms with E-state index in [1.165, 1.54) is 4.90 Å². The Morgan fingerprint density at radius 1 is 1.06 bits per heavy atom. The zero-order valence-corrected chi connectivity index (χ0v) is 19.2. The first-order valence-electron chi connectivity index (χ1n) is 9.99. The lowest BCUT2D eigenvalue weighted by molar-refractivity contribution is -0.139. The van der Waals surface area contributed by atoms with E-state index in [1.54, 1.807) is 13.8 Å². The molecular formula is C22H27F2N3O4S. The molecule has 0 aliphatic rings. The van der Waals surface area contributed by atoms with Crippen LogP contribution in [0.25, 0.3) is 0 Å². The zero-order chi connectivity index (χ0) is 24.1. The molecule has 2 aromatic rings. The first-order chi connectivity index (χ1) is 14.9. The van der Waals surface area contributed by atoms with E-state index in [2.05, 4.69) is 5.32 Å². The van der Waals surface area contributed by atoms with Crippen molar-refractivity contribution in [1.29, 1.82) is 0 Å². The molecule has 0 aliphatic heterocycles. The maximum atomic E-state index is 13.7. The molecule has 7 nitrogen and oxygen atoms in total. The van der Waals surface area contributed by atoms with Gasteiger partial charge in [-0.05, 0) is 38.5 Å². The van der Waals surface area contributed by atoms with Crippen molar-refractivity contribution in [2.75, 3.05) is 23.7 Å². The molecule has 2 aromatic carbocycles. The van der Waals surface area contributed by atoms with E-state index in [4.69, 9.17) is 0 Å². The molecule has 32 heavy (non-hydrogen) atoms. The minimum Gasteiger partial charge on any atom is -0.355 e. The molecule has 174 valence electrons. The smallest absolute Gasteiger partial charge is 0.244 e. The minimum absolute atomic E-state index is 0.0623. The Balaban J connectivity index is 2.39. The summed E-state index contributed by atoms with van der Waals surface area (Å²) in [6.45, 7) is 4.94. The van der Waals surface area contributed by atoms with Gasteiger partial charge in [0.1, 0.15) is 12.6 Å². The summed E-state index contributed by atoms with van der Waals surface area (Å²) in [5, 5.41) is 2.65. The maximum absolute atomic E-state index is 13.7. The number of hydrogen-bond donors (Lipinski definition) is 1. The molecule has 0 spiro atoms. The highest BCUT2D eigenvalue weighted by Gasteiger charge is 2.30. The quantitative estimate of drug-likeness (QED) is 0.614. The van der Waals surface area contributed by atoms with Gasteiger partial charge in [0.25, 0.3) is 0 Å².